The number of alkyl halides is 2. The first-order chi connectivity index (χ1) is 13.6. The molecule has 2 amide bonds. The van der Waals surface area contributed by atoms with Gasteiger partial charge < -0.3 is 20.9 Å². The van der Waals surface area contributed by atoms with Crippen molar-refractivity contribution < 1.29 is 45.4 Å². The molecule has 2 aromatic rings. The summed E-state index contributed by atoms with van der Waals surface area (Å²) in [6, 6.07) is 1.07. The van der Waals surface area contributed by atoms with Gasteiger partial charge in [-0.25, -0.2) is 17.2 Å². The summed E-state index contributed by atoms with van der Waals surface area (Å²) in [4.78, 5) is 22.2. The quantitative estimate of drug-likeness (QED) is 0.420. The van der Waals surface area contributed by atoms with Gasteiger partial charge in [-0.3, -0.25) is 9.59 Å². The van der Waals surface area contributed by atoms with Gasteiger partial charge in [-0.05, 0) is 19.9 Å². The third kappa shape index (κ3) is 4.88. The van der Waals surface area contributed by atoms with Crippen molar-refractivity contribution in [3.05, 3.63) is 35.4 Å². The van der Waals surface area contributed by atoms with E-state index in [0.29, 0.717) is 6.07 Å². The van der Waals surface area contributed by atoms with Crippen LogP contribution in [0.4, 0.5) is 22.6 Å². The number of halogens is 4. The molecule has 1 aromatic heterocycles. The molecule has 8 nitrogen and oxygen atoms in total. The lowest BCUT2D eigenvalue weighted by molar-refractivity contribution is -0.130. The molecule has 2 rings (SSSR count). The fourth-order valence-corrected chi connectivity index (χ4v) is 5.01. The topological polar surface area (TPSA) is 136 Å². The fraction of sp³-hybridized carbons (Fsp3) is 0.250. The van der Waals surface area contributed by atoms with Gasteiger partial charge >= 0.3 is 6.61 Å². The van der Waals surface area contributed by atoms with Crippen LogP contribution in [-0.2, 0) is 14.6 Å². The molecular formula is C16H14F4N2O6S2. The van der Waals surface area contributed by atoms with Crippen LogP contribution < -0.4 is 15.8 Å². The number of ether oxygens (including phenoxy) is 1. The van der Waals surface area contributed by atoms with Gasteiger partial charge in [0.25, 0.3) is 11.8 Å². The number of thiophene rings is 1. The summed E-state index contributed by atoms with van der Waals surface area (Å²) in [6.45, 7) is -1.37. The molecule has 1 heterocycles. The Morgan fingerprint density at radius 2 is 1.83 bits per heavy atom. The lowest BCUT2D eigenvalue weighted by Crippen LogP contribution is -2.36. The molecule has 0 aliphatic rings. The van der Waals surface area contributed by atoms with Crippen molar-refractivity contribution >= 4 is 38.0 Å². The number of nitrogens with one attached hydrogen (secondary N) is 1. The predicted octanol–water partition coefficient (Wildman–Crippen LogP) is 2.27. The van der Waals surface area contributed by atoms with E-state index in [9.17, 15) is 40.7 Å². The van der Waals surface area contributed by atoms with Crippen LogP contribution in [0, 0.1) is 11.6 Å². The molecule has 1 aromatic carbocycles. The van der Waals surface area contributed by atoms with E-state index in [4.69, 9.17) is 5.73 Å². The van der Waals surface area contributed by atoms with Crippen molar-refractivity contribution in [2.45, 2.75) is 35.2 Å². The van der Waals surface area contributed by atoms with Crippen molar-refractivity contribution in [2.75, 3.05) is 5.32 Å². The Labute approximate surface area is 171 Å². The zero-order valence-electron chi connectivity index (χ0n) is 15.2. The summed E-state index contributed by atoms with van der Waals surface area (Å²) in [5.41, 5.74) is 2.73. The Bertz CT molecular complexity index is 1110. The normalized spacial score (nSPS) is 12.1. The second kappa shape index (κ2) is 8.20. The van der Waals surface area contributed by atoms with Gasteiger partial charge in [-0.2, -0.15) is 8.78 Å². The minimum absolute atomic E-state index is 0.144. The number of benzene rings is 1. The Balaban J connectivity index is 2.66. The van der Waals surface area contributed by atoms with Gasteiger partial charge in [0, 0.05) is 12.1 Å². The van der Waals surface area contributed by atoms with Crippen molar-refractivity contribution in [3.63, 3.8) is 0 Å². The number of anilines is 1. The average molecular weight is 470 g/mol. The SMILES string of the molecule is CC(C)(O)C(=O)Nc1sc(S(=O)(=O)c2c(F)cc(F)cc2OC(F)F)cc1C(N)=O. The van der Waals surface area contributed by atoms with Gasteiger partial charge in [-0.15, -0.1) is 11.3 Å². The van der Waals surface area contributed by atoms with Crippen molar-refractivity contribution in [1.29, 1.82) is 0 Å². The maximum atomic E-state index is 14.2. The highest BCUT2D eigenvalue weighted by molar-refractivity contribution is 7.93. The number of amides is 2. The third-order valence-corrected chi connectivity index (χ3v) is 6.82. The van der Waals surface area contributed by atoms with Gasteiger partial charge in [0.05, 0.1) is 5.56 Å². The highest BCUT2D eigenvalue weighted by atomic mass is 32.2. The van der Waals surface area contributed by atoms with Crippen LogP contribution in [0.1, 0.15) is 24.2 Å². The Hall–Kier alpha value is -2.71. The van der Waals surface area contributed by atoms with E-state index in [0.717, 1.165) is 13.8 Å². The predicted molar refractivity (Wildman–Crippen MR) is 96.2 cm³/mol. The number of hydrogen-bond acceptors (Lipinski definition) is 7. The number of rotatable bonds is 7. The van der Waals surface area contributed by atoms with Gasteiger partial charge in [-0.1, -0.05) is 0 Å². The van der Waals surface area contributed by atoms with Crippen molar-refractivity contribution in [2.24, 2.45) is 5.73 Å². The first-order valence-corrected chi connectivity index (χ1v) is 10.1. The molecule has 0 atom stereocenters. The highest BCUT2D eigenvalue weighted by Gasteiger charge is 2.33. The Morgan fingerprint density at radius 3 is 2.33 bits per heavy atom. The van der Waals surface area contributed by atoms with Crippen LogP contribution in [0.25, 0.3) is 0 Å². The summed E-state index contributed by atoms with van der Waals surface area (Å²) in [6.07, 6.45) is 0. The molecule has 30 heavy (non-hydrogen) atoms. The number of carbonyl (C=O) groups excluding carboxylic acids is 2. The summed E-state index contributed by atoms with van der Waals surface area (Å²) in [5.74, 6) is -6.59. The van der Waals surface area contributed by atoms with E-state index in [-0.39, 0.29) is 23.5 Å². The minimum atomic E-state index is -4.97. The molecule has 0 aliphatic carbocycles. The van der Waals surface area contributed by atoms with E-state index in [1.54, 1.807) is 0 Å². The van der Waals surface area contributed by atoms with Crippen LogP contribution in [0.2, 0.25) is 0 Å². The molecule has 0 unspecified atom stereocenters. The fourth-order valence-electron chi connectivity index (χ4n) is 2.11. The summed E-state index contributed by atoms with van der Waals surface area (Å²) in [7, 11) is -4.97. The van der Waals surface area contributed by atoms with Crippen LogP contribution in [0.3, 0.4) is 0 Å². The molecule has 0 aliphatic heterocycles. The lowest BCUT2D eigenvalue weighted by atomic mass is 10.1. The van der Waals surface area contributed by atoms with Crippen molar-refractivity contribution in [1.82, 2.24) is 0 Å². The number of hydrogen-bond donors (Lipinski definition) is 3. The number of aliphatic hydroxyl groups is 1. The third-order valence-electron chi connectivity index (χ3n) is 3.48. The summed E-state index contributed by atoms with van der Waals surface area (Å²) < 4.78 is 81.7. The standard InChI is InChI=1S/C16H14F4N2O6S2/c1-16(2,25)14(24)22-13-7(12(21)23)5-10(29-13)30(26,27)11-8(18)3-6(17)4-9(11)28-15(19)20/h3-5,15,25H,1-2H3,(H2,21,23)(H,22,24). The molecule has 4 N–H and O–H groups in total. The molecular weight excluding hydrogens is 456 g/mol. The molecule has 14 heteroatoms. The number of primary amides is 1. The van der Waals surface area contributed by atoms with E-state index in [1.807, 2.05) is 0 Å². The Kier molecular flexibility index (Phi) is 6.44. The molecule has 0 bridgehead atoms. The molecule has 0 saturated heterocycles. The van der Waals surface area contributed by atoms with E-state index in [2.05, 4.69) is 10.1 Å². The first-order valence-electron chi connectivity index (χ1n) is 7.81. The first kappa shape index (κ1) is 23.6. The van der Waals surface area contributed by atoms with E-state index in [1.165, 1.54) is 0 Å². The van der Waals surface area contributed by atoms with Crippen LogP contribution >= 0.6 is 11.3 Å². The molecule has 0 spiro atoms. The second-order valence-electron chi connectivity index (χ2n) is 6.28. The Morgan fingerprint density at radius 1 is 1.23 bits per heavy atom. The van der Waals surface area contributed by atoms with Gasteiger partial charge in [0.1, 0.15) is 26.4 Å². The number of sulfone groups is 1. The minimum Gasteiger partial charge on any atom is -0.433 e. The van der Waals surface area contributed by atoms with Crippen molar-refractivity contribution in [3.8, 4) is 5.75 Å². The maximum Gasteiger partial charge on any atom is 0.387 e. The zero-order chi connectivity index (χ0) is 23.0. The average Bonchev–Trinajstić information content (AvgIpc) is 2.97. The van der Waals surface area contributed by atoms with Gasteiger partial charge in [0.2, 0.25) is 9.84 Å². The van der Waals surface area contributed by atoms with E-state index < -0.39 is 70.9 Å². The number of nitrogens with two attached hydrogens (primary N) is 1. The molecule has 0 radical (unpaired) electrons. The smallest absolute Gasteiger partial charge is 0.387 e. The zero-order valence-corrected chi connectivity index (χ0v) is 16.8. The molecule has 164 valence electrons. The highest BCUT2D eigenvalue weighted by Crippen LogP contribution is 2.39. The monoisotopic (exact) mass is 470 g/mol. The largest absolute Gasteiger partial charge is 0.433 e. The maximum absolute atomic E-state index is 14.2. The summed E-state index contributed by atoms with van der Waals surface area (Å²) >= 11 is 0.239. The number of carbonyl (C=O) groups is 2. The molecule has 0 fully saturated rings. The van der Waals surface area contributed by atoms with Crippen LogP contribution in [0.15, 0.2) is 27.3 Å². The lowest BCUT2D eigenvalue weighted by Gasteiger charge is -2.16. The van der Waals surface area contributed by atoms with E-state index >= 15 is 0 Å². The van der Waals surface area contributed by atoms with Crippen LogP contribution in [0.5, 0.6) is 5.75 Å². The summed E-state index contributed by atoms with van der Waals surface area (Å²) in [5, 5.41) is 11.4. The van der Waals surface area contributed by atoms with Gasteiger partial charge in [0.15, 0.2) is 10.6 Å². The molecule has 0 saturated carbocycles. The van der Waals surface area contributed by atoms with Crippen LogP contribution in [-0.4, -0.2) is 37.6 Å². The second-order valence-corrected chi connectivity index (χ2v) is 9.45.